The van der Waals surface area contributed by atoms with Gasteiger partial charge in [-0.2, -0.15) is 5.26 Å². The number of nitrogens with zero attached hydrogens (tertiary/aromatic N) is 2. The number of likely N-dealkylation sites (tertiary alicyclic amines) is 1. The topological polar surface area (TPSA) is 53.3 Å². The van der Waals surface area contributed by atoms with Crippen LogP contribution in [0.5, 0.6) is 0 Å². The van der Waals surface area contributed by atoms with Gasteiger partial charge < -0.3 is 9.64 Å². The van der Waals surface area contributed by atoms with Gasteiger partial charge in [-0.1, -0.05) is 0 Å². The van der Waals surface area contributed by atoms with E-state index in [0.717, 1.165) is 32.5 Å². The minimum Gasteiger partial charge on any atom is -0.469 e. The highest BCUT2D eigenvalue weighted by Crippen LogP contribution is 2.22. The number of ether oxygens (including phenoxy) is 1. The average Bonchev–Trinajstić information content (AvgIpc) is 2.74. The minimum atomic E-state index is -0.274. The molecule has 4 heteroatoms. The summed E-state index contributed by atoms with van der Waals surface area (Å²) in [7, 11) is 1.43. The molecule has 0 radical (unpaired) electrons. The Morgan fingerprint density at radius 3 is 2.88 bits per heavy atom. The Morgan fingerprint density at radius 1 is 1.62 bits per heavy atom. The Morgan fingerprint density at radius 2 is 2.31 bits per heavy atom. The number of hydrogen-bond donors (Lipinski definition) is 0. The van der Waals surface area contributed by atoms with Crippen LogP contribution in [0.1, 0.15) is 26.7 Å². The van der Waals surface area contributed by atoms with E-state index < -0.39 is 0 Å². The van der Waals surface area contributed by atoms with Crippen molar-refractivity contribution in [2.75, 3.05) is 26.7 Å². The van der Waals surface area contributed by atoms with Gasteiger partial charge in [0.1, 0.15) is 0 Å². The summed E-state index contributed by atoms with van der Waals surface area (Å²) < 4.78 is 4.73. The van der Waals surface area contributed by atoms with Crippen LogP contribution in [0.3, 0.4) is 0 Å². The van der Waals surface area contributed by atoms with Crippen molar-refractivity contribution in [2.24, 2.45) is 11.3 Å². The fraction of sp³-hybridized carbons (Fsp3) is 0.833. The third-order valence-electron chi connectivity index (χ3n) is 3.16. The molecule has 1 aliphatic rings. The molecular formula is C12H20N2O2. The molecule has 1 heterocycles. The third-order valence-corrected chi connectivity index (χ3v) is 3.16. The molecule has 4 nitrogen and oxygen atoms in total. The first-order chi connectivity index (χ1) is 7.48. The second kappa shape index (κ2) is 5.31. The fourth-order valence-electron chi connectivity index (χ4n) is 1.89. The first kappa shape index (κ1) is 13.0. The maximum Gasteiger partial charge on any atom is 0.310 e. The van der Waals surface area contributed by atoms with Crippen molar-refractivity contribution >= 4 is 5.97 Å². The molecule has 0 N–H and O–H groups in total. The van der Waals surface area contributed by atoms with E-state index in [1.54, 1.807) is 0 Å². The van der Waals surface area contributed by atoms with Gasteiger partial charge in [-0.3, -0.25) is 4.79 Å². The Hall–Kier alpha value is -1.08. The predicted octanol–water partition coefficient (Wildman–Crippen LogP) is 1.42. The molecular weight excluding hydrogens is 204 g/mol. The maximum absolute atomic E-state index is 11.3. The number of nitriles is 1. The molecule has 90 valence electrons. The summed E-state index contributed by atoms with van der Waals surface area (Å²) in [4.78, 5) is 13.6. The standard InChI is InChI=1S/C12H20N2O2/c1-12(2,9-13)5-7-14-6-4-10(8-14)11(15)16-3/h10H,4-8H2,1-3H3. The molecule has 0 aromatic carbocycles. The third kappa shape index (κ3) is 3.49. The van der Waals surface area contributed by atoms with Gasteiger partial charge in [0.05, 0.1) is 24.5 Å². The van der Waals surface area contributed by atoms with Gasteiger partial charge in [-0.05, 0) is 39.8 Å². The van der Waals surface area contributed by atoms with Crippen LogP contribution in [0, 0.1) is 22.7 Å². The highest BCUT2D eigenvalue weighted by Gasteiger charge is 2.29. The van der Waals surface area contributed by atoms with Crippen molar-refractivity contribution in [3.05, 3.63) is 0 Å². The number of methoxy groups -OCH3 is 1. The monoisotopic (exact) mass is 224 g/mol. The van der Waals surface area contributed by atoms with Gasteiger partial charge in [-0.15, -0.1) is 0 Å². The summed E-state index contributed by atoms with van der Waals surface area (Å²) in [6, 6.07) is 2.29. The highest BCUT2D eigenvalue weighted by atomic mass is 16.5. The quantitative estimate of drug-likeness (QED) is 0.678. The first-order valence-corrected chi connectivity index (χ1v) is 5.70. The molecule has 1 aliphatic heterocycles. The van der Waals surface area contributed by atoms with E-state index >= 15 is 0 Å². The van der Waals surface area contributed by atoms with Crippen molar-refractivity contribution in [2.45, 2.75) is 26.7 Å². The van der Waals surface area contributed by atoms with Crippen LogP contribution in [0.15, 0.2) is 0 Å². The Kier molecular flexibility index (Phi) is 4.31. The SMILES string of the molecule is COC(=O)C1CCN(CCC(C)(C)C#N)C1. The normalized spacial score (nSPS) is 21.8. The summed E-state index contributed by atoms with van der Waals surface area (Å²) >= 11 is 0. The number of rotatable bonds is 4. The molecule has 16 heavy (non-hydrogen) atoms. The van der Waals surface area contributed by atoms with Crippen LogP contribution in [-0.4, -0.2) is 37.6 Å². The number of carbonyl (C=O) groups excluding carboxylic acids is 1. The first-order valence-electron chi connectivity index (χ1n) is 5.70. The molecule has 0 saturated carbocycles. The summed E-state index contributed by atoms with van der Waals surface area (Å²) in [5.74, 6) is -0.0859. The van der Waals surface area contributed by atoms with Crippen molar-refractivity contribution in [3.63, 3.8) is 0 Å². The van der Waals surface area contributed by atoms with Crippen molar-refractivity contribution < 1.29 is 9.53 Å². The zero-order valence-corrected chi connectivity index (χ0v) is 10.3. The van der Waals surface area contributed by atoms with E-state index in [4.69, 9.17) is 10.00 Å². The van der Waals surface area contributed by atoms with E-state index in [2.05, 4.69) is 11.0 Å². The van der Waals surface area contributed by atoms with Crippen LogP contribution < -0.4 is 0 Å². The molecule has 0 amide bonds. The predicted molar refractivity (Wildman–Crippen MR) is 60.6 cm³/mol. The van der Waals surface area contributed by atoms with Gasteiger partial charge in [-0.25, -0.2) is 0 Å². The zero-order valence-electron chi connectivity index (χ0n) is 10.3. The number of carbonyl (C=O) groups is 1. The summed E-state index contributed by atoms with van der Waals surface area (Å²) in [6.07, 6.45) is 1.72. The summed E-state index contributed by atoms with van der Waals surface area (Å²) in [5, 5.41) is 8.90. The van der Waals surface area contributed by atoms with Crippen LogP contribution in [0.25, 0.3) is 0 Å². The lowest BCUT2D eigenvalue weighted by atomic mass is 9.91. The molecule has 0 aromatic heterocycles. The lowest BCUT2D eigenvalue weighted by Gasteiger charge is -2.20. The largest absolute Gasteiger partial charge is 0.469 e. The second-order valence-electron chi connectivity index (χ2n) is 5.06. The van der Waals surface area contributed by atoms with Crippen molar-refractivity contribution in [3.8, 4) is 6.07 Å². The fourth-order valence-corrected chi connectivity index (χ4v) is 1.89. The molecule has 1 fully saturated rings. The highest BCUT2D eigenvalue weighted by molar-refractivity contribution is 5.72. The molecule has 0 aliphatic carbocycles. The Balaban J connectivity index is 2.33. The Bertz CT molecular complexity index is 294. The van der Waals surface area contributed by atoms with Crippen molar-refractivity contribution in [1.82, 2.24) is 4.90 Å². The van der Waals surface area contributed by atoms with E-state index in [-0.39, 0.29) is 17.3 Å². The molecule has 1 saturated heterocycles. The van der Waals surface area contributed by atoms with Crippen LogP contribution >= 0.6 is 0 Å². The van der Waals surface area contributed by atoms with Crippen LogP contribution in [-0.2, 0) is 9.53 Å². The van der Waals surface area contributed by atoms with Crippen LogP contribution in [0.4, 0.5) is 0 Å². The van der Waals surface area contributed by atoms with Crippen molar-refractivity contribution in [1.29, 1.82) is 5.26 Å². The average molecular weight is 224 g/mol. The number of hydrogen-bond acceptors (Lipinski definition) is 4. The van der Waals surface area contributed by atoms with Crippen LogP contribution in [0.2, 0.25) is 0 Å². The van der Waals surface area contributed by atoms with Gasteiger partial charge >= 0.3 is 5.97 Å². The lowest BCUT2D eigenvalue weighted by Crippen LogP contribution is -2.27. The van der Waals surface area contributed by atoms with Gasteiger partial charge in [0, 0.05) is 6.54 Å². The van der Waals surface area contributed by atoms with Gasteiger partial charge in [0.25, 0.3) is 0 Å². The Labute approximate surface area is 97.2 Å². The summed E-state index contributed by atoms with van der Waals surface area (Å²) in [6.45, 7) is 6.48. The van der Waals surface area contributed by atoms with Gasteiger partial charge in [0.2, 0.25) is 0 Å². The maximum atomic E-state index is 11.3. The zero-order chi connectivity index (χ0) is 12.2. The molecule has 1 unspecified atom stereocenters. The van der Waals surface area contributed by atoms with E-state index in [1.807, 2.05) is 13.8 Å². The smallest absolute Gasteiger partial charge is 0.310 e. The van der Waals surface area contributed by atoms with E-state index in [9.17, 15) is 4.79 Å². The van der Waals surface area contributed by atoms with E-state index in [1.165, 1.54) is 7.11 Å². The second-order valence-corrected chi connectivity index (χ2v) is 5.06. The number of esters is 1. The minimum absolute atomic E-state index is 0.0233. The summed E-state index contributed by atoms with van der Waals surface area (Å²) in [5.41, 5.74) is -0.274. The molecule has 0 bridgehead atoms. The van der Waals surface area contributed by atoms with E-state index in [0.29, 0.717) is 0 Å². The lowest BCUT2D eigenvalue weighted by molar-refractivity contribution is -0.144. The molecule has 1 rings (SSSR count). The van der Waals surface area contributed by atoms with Gasteiger partial charge in [0.15, 0.2) is 0 Å². The molecule has 1 atom stereocenters. The molecule has 0 aromatic rings. The molecule has 0 spiro atoms.